The van der Waals surface area contributed by atoms with Crippen LogP contribution in [0.4, 0.5) is 0 Å². The third-order valence-corrected chi connectivity index (χ3v) is 4.26. The van der Waals surface area contributed by atoms with Crippen molar-refractivity contribution >= 4 is 8.53 Å². The molecule has 0 saturated heterocycles. The van der Waals surface area contributed by atoms with Crippen LogP contribution >= 0.6 is 8.53 Å². The van der Waals surface area contributed by atoms with E-state index >= 15 is 0 Å². The lowest BCUT2D eigenvalue weighted by Crippen LogP contribution is -2.33. The van der Waals surface area contributed by atoms with Crippen LogP contribution in [0.25, 0.3) is 0 Å². The maximum atomic E-state index is 8.57. The Labute approximate surface area is 113 Å². The lowest BCUT2D eigenvalue weighted by molar-refractivity contribution is 0.164. The molecule has 0 aromatic heterocycles. The van der Waals surface area contributed by atoms with Crippen molar-refractivity contribution < 1.29 is 14.2 Å². The average molecular weight is 277 g/mol. The van der Waals surface area contributed by atoms with Crippen molar-refractivity contribution in [2.45, 2.75) is 52.6 Å². The standard InChI is InChI=1S/C12H25N2O3P/c1-11(2)14(12(3)4)18(16-9-5-7-13)17-10-6-8-15/h11-12,15H,5-6,8-10H2,1-4H3/i15D. The molecule has 0 aliphatic heterocycles. The molecule has 0 saturated carbocycles. The van der Waals surface area contributed by atoms with Crippen LogP contribution in [-0.2, 0) is 9.05 Å². The Hall–Kier alpha value is -0.240. The number of nitrogens with zero attached hydrogens (tertiary/aromatic N) is 2. The third-order valence-electron chi connectivity index (χ3n) is 2.15. The van der Waals surface area contributed by atoms with Crippen molar-refractivity contribution in [3.8, 4) is 6.07 Å². The minimum atomic E-state index is -1.17. The largest absolute Gasteiger partial charge is 0.396 e. The summed E-state index contributed by atoms with van der Waals surface area (Å²) in [6.45, 7) is 9.61. The van der Waals surface area contributed by atoms with Crippen molar-refractivity contribution in [2.75, 3.05) is 19.8 Å². The number of nitriles is 1. The summed E-state index contributed by atoms with van der Waals surface area (Å²) in [7, 11) is -1.17. The van der Waals surface area contributed by atoms with Gasteiger partial charge in [-0.05, 0) is 34.1 Å². The quantitative estimate of drug-likeness (QED) is 0.464. The average Bonchev–Trinajstić information content (AvgIpc) is 2.33. The second-order valence-electron chi connectivity index (χ2n) is 4.44. The number of hydrogen-bond acceptors (Lipinski definition) is 5. The molecule has 18 heavy (non-hydrogen) atoms. The molecule has 6 heteroatoms. The highest BCUT2D eigenvalue weighted by Crippen LogP contribution is 2.45. The topological polar surface area (TPSA) is 65.7 Å². The summed E-state index contributed by atoms with van der Waals surface area (Å²) in [4.78, 5) is 0. The van der Waals surface area contributed by atoms with Gasteiger partial charge in [0.1, 0.15) is 0 Å². The number of aliphatic hydroxyl groups excluding tert-OH is 1. The van der Waals surface area contributed by atoms with E-state index in [0.29, 0.717) is 44.7 Å². The fourth-order valence-corrected chi connectivity index (χ4v) is 3.14. The smallest absolute Gasteiger partial charge is 0.259 e. The first-order valence-electron chi connectivity index (χ1n) is 6.74. The van der Waals surface area contributed by atoms with Gasteiger partial charge in [0.05, 0.1) is 25.7 Å². The number of hydrogen-bond donors (Lipinski definition) is 1. The molecule has 0 amide bonds. The summed E-state index contributed by atoms with van der Waals surface area (Å²) in [5.74, 6) is 0. The summed E-state index contributed by atoms with van der Waals surface area (Å²) in [6, 6.07) is 2.68. The predicted molar refractivity (Wildman–Crippen MR) is 72.9 cm³/mol. The van der Waals surface area contributed by atoms with Crippen molar-refractivity contribution in [1.82, 2.24) is 4.67 Å². The Balaban J connectivity index is 4.40. The first-order valence-corrected chi connectivity index (χ1v) is 7.46. The molecule has 0 fully saturated rings. The van der Waals surface area contributed by atoms with Crippen molar-refractivity contribution in [2.24, 2.45) is 0 Å². The summed E-state index contributed by atoms with van der Waals surface area (Å²) in [6.07, 6.45) is 1.02. The second-order valence-corrected chi connectivity index (χ2v) is 5.89. The molecule has 0 rings (SSSR count). The minimum Gasteiger partial charge on any atom is -0.396 e. The number of aliphatic hydroxyl groups is 1. The van der Waals surface area contributed by atoms with E-state index in [1.807, 2.05) is 0 Å². The molecule has 0 spiro atoms. The Kier molecular flexibility index (Phi) is 9.37. The first-order chi connectivity index (χ1) is 9.04. The van der Waals surface area contributed by atoms with Gasteiger partial charge in [-0.1, -0.05) is 0 Å². The highest BCUT2D eigenvalue weighted by Gasteiger charge is 2.26. The van der Waals surface area contributed by atoms with Crippen LogP contribution in [0.15, 0.2) is 0 Å². The molecule has 5 nitrogen and oxygen atoms in total. The summed E-state index contributed by atoms with van der Waals surface area (Å²) >= 11 is 0. The van der Waals surface area contributed by atoms with Crippen molar-refractivity contribution in [1.29, 1.82) is 6.69 Å². The Morgan fingerprint density at radius 3 is 2.39 bits per heavy atom. The SMILES string of the molecule is [2H]OCCCOP(OCCC#N)N(C(C)C)C(C)C. The van der Waals surface area contributed by atoms with Crippen LogP contribution in [0.1, 0.15) is 40.5 Å². The van der Waals surface area contributed by atoms with Crippen LogP contribution in [0.3, 0.4) is 0 Å². The lowest BCUT2D eigenvalue weighted by Gasteiger charge is -2.35. The van der Waals surface area contributed by atoms with Crippen LogP contribution in [0.5, 0.6) is 0 Å². The fraction of sp³-hybridized carbons (Fsp3) is 0.917. The molecule has 1 N–H and O–H groups in total. The van der Waals surface area contributed by atoms with Gasteiger partial charge >= 0.3 is 0 Å². The van der Waals surface area contributed by atoms with E-state index in [1.54, 1.807) is 0 Å². The fourth-order valence-electron chi connectivity index (χ4n) is 1.51. The van der Waals surface area contributed by atoms with Gasteiger partial charge in [0.25, 0.3) is 8.53 Å². The van der Waals surface area contributed by atoms with Gasteiger partial charge in [-0.25, -0.2) is 4.67 Å². The van der Waals surface area contributed by atoms with Crippen LogP contribution in [0.2, 0.25) is 0 Å². The van der Waals surface area contributed by atoms with E-state index in [9.17, 15) is 0 Å². The van der Waals surface area contributed by atoms with E-state index in [0.717, 1.165) is 0 Å². The molecule has 0 aromatic carbocycles. The zero-order valence-corrected chi connectivity index (χ0v) is 12.7. The van der Waals surface area contributed by atoms with Gasteiger partial charge in [0.2, 0.25) is 1.43 Å². The summed E-state index contributed by atoms with van der Waals surface area (Å²) in [5.41, 5.74) is 0. The molecule has 1 unspecified atom stereocenters. The molecule has 0 bridgehead atoms. The molecule has 0 aromatic rings. The van der Waals surface area contributed by atoms with Gasteiger partial charge in [-0.3, -0.25) is 0 Å². The minimum absolute atomic E-state index is 0.306. The van der Waals surface area contributed by atoms with Gasteiger partial charge in [-0.2, -0.15) is 5.26 Å². The number of rotatable bonds is 11. The zero-order chi connectivity index (χ0) is 14.7. The molecule has 0 heterocycles. The zero-order valence-electron chi connectivity index (χ0n) is 12.8. The van der Waals surface area contributed by atoms with E-state index < -0.39 is 8.53 Å². The molecule has 1 atom stereocenters. The Bertz CT molecular complexity index is 254. The maximum absolute atomic E-state index is 8.57. The van der Waals surface area contributed by atoms with E-state index in [2.05, 4.69) is 43.5 Å². The van der Waals surface area contributed by atoms with Gasteiger partial charge < -0.3 is 14.2 Å². The lowest BCUT2D eigenvalue weighted by atomic mass is 10.3. The predicted octanol–water partition coefficient (Wildman–Crippen LogP) is 2.66. The third kappa shape index (κ3) is 7.25. The van der Waals surface area contributed by atoms with Crippen molar-refractivity contribution in [3.05, 3.63) is 0 Å². The molecular weight excluding hydrogens is 251 g/mol. The highest BCUT2D eigenvalue weighted by atomic mass is 31.2. The van der Waals surface area contributed by atoms with Crippen LogP contribution in [-0.4, -0.2) is 43.1 Å². The van der Waals surface area contributed by atoms with Gasteiger partial charge in [-0.15, -0.1) is 0 Å². The molecular formula is C12H25N2O3P. The van der Waals surface area contributed by atoms with E-state index in [-0.39, 0.29) is 0 Å². The Morgan fingerprint density at radius 1 is 1.28 bits per heavy atom. The maximum Gasteiger partial charge on any atom is 0.259 e. The van der Waals surface area contributed by atoms with E-state index in [1.165, 1.54) is 0 Å². The molecule has 0 aliphatic rings. The van der Waals surface area contributed by atoms with Crippen molar-refractivity contribution in [3.63, 3.8) is 0 Å². The van der Waals surface area contributed by atoms with E-state index in [4.69, 9.17) is 15.7 Å². The van der Waals surface area contributed by atoms with Crippen LogP contribution < -0.4 is 0 Å². The molecule has 0 radical (unpaired) electrons. The Morgan fingerprint density at radius 2 is 1.89 bits per heavy atom. The normalized spacial score (nSPS) is 14.0. The molecule has 106 valence electrons. The van der Waals surface area contributed by atoms with Crippen LogP contribution in [0, 0.1) is 11.3 Å². The summed E-state index contributed by atoms with van der Waals surface area (Å²) < 4.78 is 20.3. The van der Waals surface area contributed by atoms with Gasteiger partial charge in [0.15, 0.2) is 0 Å². The highest BCUT2D eigenvalue weighted by molar-refractivity contribution is 7.44. The first kappa shape index (κ1) is 15.8. The van der Waals surface area contributed by atoms with Gasteiger partial charge in [0, 0.05) is 18.7 Å². The molecule has 0 aliphatic carbocycles. The monoisotopic (exact) mass is 277 g/mol. The second kappa shape index (κ2) is 10.7. The summed E-state index contributed by atoms with van der Waals surface area (Å²) in [5, 5.41) is 12.8.